The quantitative estimate of drug-likeness (QED) is 0.792. The van der Waals surface area contributed by atoms with Crippen LogP contribution >= 0.6 is 0 Å². The first-order chi connectivity index (χ1) is 12.4. The lowest BCUT2D eigenvalue weighted by Crippen LogP contribution is -2.32. The van der Waals surface area contributed by atoms with Gasteiger partial charge in [-0.2, -0.15) is 0 Å². The summed E-state index contributed by atoms with van der Waals surface area (Å²) in [6.07, 6.45) is 1.49. The fourth-order valence-electron chi connectivity index (χ4n) is 3.09. The summed E-state index contributed by atoms with van der Waals surface area (Å²) in [6, 6.07) is 6.88. The summed E-state index contributed by atoms with van der Waals surface area (Å²) in [7, 11) is 5.69. The molecule has 1 aliphatic heterocycles. The number of aromatic nitrogens is 1. The van der Waals surface area contributed by atoms with E-state index in [1.165, 1.54) is 6.26 Å². The highest BCUT2D eigenvalue weighted by Gasteiger charge is 2.32. The van der Waals surface area contributed by atoms with Gasteiger partial charge in [-0.1, -0.05) is 11.2 Å². The van der Waals surface area contributed by atoms with Crippen molar-refractivity contribution in [3.8, 4) is 0 Å². The Morgan fingerprint density at radius 1 is 1.31 bits per heavy atom. The highest BCUT2D eigenvalue weighted by Crippen LogP contribution is 2.28. The number of hydrogen-bond acceptors (Lipinski definition) is 5. The lowest BCUT2D eigenvalue weighted by molar-refractivity contribution is 0.0729. The normalized spacial score (nSPS) is 14.7. The number of fused-ring (bicyclic) bond motifs is 1. The maximum Gasteiger partial charge on any atom is 0.254 e. The first kappa shape index (κ1) is 18.1. The van der Waals surface area contributed by atoms with Crippen LogP contribution in [-0.4, -0.2) is 65.9 Å². The molecular formula is C19H24N4O3. The zero-order valence-corrected chi connectivity index (χ0v) is 15.6. The third-order valence-corrected chi connectivity index (χ3v) is 4.88. The van der Waals surface area contributed by atoms with Gasteiger partial charge in [-0.3, -0.25) is 9.59 Å². The first-order valence-electron chi connectivity index (χ1n) is 8.63. The van der Waals surface area contributed by atoms with Gasteiger partial charge in [-0.25, -0.2) is 0 Å². The van der Waals surface area contributed by atoms with E-state index in [0.717, 1.165) is 12.1 Å². The van der Waals surface area contributed by atoms with Crippen LogP contribution in [0.15, 0.2) is 35.1 Å². The van der Waals surface area contributed by atoms with Crippen LogP contribution in [-0.2, 0) is 6.54 Å². The number of benzene rings is 1. The summed E-state index contributed by atoms with van der Waals surface area (Å²) in [5.74, 6) is -0.136. The van der Waals surface area contributed by atoms with Gasteiger partial charge in [-0.05, 0) is 38.7 Å². The van der Waals surface area contributed by atoms with Crippen molar-refractivity contribution in [1.82, 2.24) is 19.9 Å². The van der Waals surface area contributed by atoms with Gasteiger partial charge < -0.3 is 19.2 Å². The molecule has 2 amide bonds. The molecule has 7 heteroatoms. The summed E-state index contributed by atoms with van der Waals surface area (Å²) in [5, 5.41) is 3.91. The molecule has 0 spiro atoms. The molecule has 0 bridgehead atoms. The molecule has 138 valence electrons. The first-order valence-corrected chi connectivity index (χ1v) is 8.63. The second-order valence-corrected chi connectivity index (χ2v) is 6.88. The average molecular weight is 356 g/mol. The molecule has 0 fully saturated rings. The van der Waals surface area contributed by atoms with Gasteiger partial charge >= 0.3 is 0 Å². The van der Waals surface area contributed by atoms with Crippen molar-refractivity contribution >= 4 is 11.8 Å². The van der Waals surface area contributed by atoms with Crippen molar-refractivity contribution in [3.05, 3.63) is 52.9 Å². The molecule has 1 aromatic carbocycles. The fourth-order valence-corrected chi connectivity index (χ4v) is 3.09. The molecule has 1 aliphatic rings. The van der Waals surface area contributed by atoms with Gasteiger partial charge in [0.2, 0.25) is 0 Å². The molecule has 0 radical (unpaired) electrons. The van der Waals surface area contributed by atoms with Crippen molar-refractivity contribution in [2.24, 2.45) is 0 Å². The number of rotatable bonds is 6. The van der Waals surface area contributed by atoms with Crippen LogP contribution in [0.1, 0.15) is 44.9 Å². The number of amides is 2. The molecule has 0 aliphatic carbocycles. The predicted molar refractivity (Wildman–Crippen MR) is 96.7 cm³/mol. The maximum atomic E-state index is 13.0. The molecule has 0 saturated heterocycles. The van der Waals surface area contributed by atoms with Gasteiger partial charge in [-0.15, -0.1) is 0 Å². The van der Waals surface area contributed by atoms with E-state index >= 15 is 0 Å². The van der Waals surface area contributed by atoms with Crippen LogP contribution < -0.4 is 0 Å². The molecule has 2 aromatic rings. The number of carbonyl (C=O) groups is 2. The van der Waals surface area contributed by atoms with Crippen molar-refractivity contribution in [3.63, 3.8) is 0 Å². The van der Waals surface area contributed by atoms with Crippen LogP contribution in [0, 0.1) is 0 Å². The Morgan fingerprint density at radius 2 is 2.08 bits per heavy atom. The van der Waals surface area contributed by atoms with E-state index in [0.29, 0.717) is 29.9 Å². The molecule has 26 heavy (non-hydrogen) atoms. The van der Waals surface area contributed by atoms with Gasteiger partial charge in [0.1, 0.15) is 12.0 Å². The Bertz CT molecular complexity index is 801. The molecule has 7 nitrogen and oxygen atoms in total. The summed E-state index contributed by atoms with van der Waals surface area (Å²) < 4.78 is 4.88. The van der Waals surface area contributed by atoms with Crippen LogP contribution in [0.4, 0.5) is 0 Å². The van der Waals surface area contributed by atoms with Gasteiger partial charge in [0.25, 0.3) is 11.8 Å². The standard InChI is InChI=1S/C19H24N4O3/c1-13(17-8-11-26-20-17)22(4)18(24)14-6-5-7-15-16(14)12-23(19(15)25)10-9-21(2)3/h5-8,11,13H,9-10,12H2,1-4H3/t13-/m1/s1. The smallest absolute Gasteiger partial charge is 0.254 e. The minimum Gasteiger partial charge on any atom is -0.364 e. The molecule has 1 aromatic heterocycles. The zero-order chi connectivity index (χ0) is 18.8. The van der Waals surface area contributed by atoms with Crippen LogP contribution in [0.3, 0.4) is 0 Å². The summed E-state index contributed by atoms with van der Waals surface area (Å²) >= 11 is 0. The Morgan fingerprint density at radius 3 is 2.73 bits per heavy atom. The second kappa shape index (κ2) is 7.29. The number of likely N-dealkylation sites (N-methyl/N-ethyl adjacent to an activating group) is 1. The van der Waals surface area contributed by atoms with E-state index in [1.807, 2.05) is 25.9 Å². The minimum atomic E-state index is -0.223. The summed E-state index contributed by atoms with van der Waals surface area (Å²) in [6.45, 7) is 3.79. The molecular weight excluding hydrogens is 332 g/mol. The zero-order valence-electron chi connectivity index (χ0n) is 15.6. The topological polar surface area (TPSA) is 69.9 Å². The largest absolute Gasteiger partial charge is 0.364 e. The summed E-state index contributed by atoms with van der Waals surface area (Å²) in [4.78, 5) is 31.1. The van der Waals surface area contributed by atoms with Crippen LogP contribution in [0.2, 0.25) is 0 Å². The summed E-state index contributed by atoms with van der Waals surface area (Å²) in [5.41, 5.74) is 2.69. The molecule has 0 unspecified atom stereocenters. The highest BCUT2D eigenvalue weighted by molar-refractivity contribution is 6.04. The van der Waals surface area contributed by atoms with E-state index in [2.05, 4.69) is 5.16 Å². The lowest BCUT2D eigenvalue weighted by Gasteiger charge is -2.24. The highest BCUT2D eigenvalue weighted by atomic mass is 16.5. The Labute approximate surface area is 153 Å². The van der Waals surface area contributed by atoms with E-state index in [4.69, 9.17) is 4.52 Å². The predicted octanol–water partition coefficient (Wildman–Crippen LogP) is 2.03. The fraction of sp³-hybridized carbons (Fsp3) is 0.421. The van der Waals surface area contributed by atoms with E-state index in [9.17, 15) is 9.59 Å². The molecule has 1 atom stereocenters. The monoisotopic (exact) mass is 356 g/mol. The number of carbonyl (C=O) groups excluding carboxylic acids is 2. The van der Waals surface area contributed by atoms with Crippen molar-refractivity contribution in [2.45, 2.75) is 19.5 Å². The SMILES string of the molecule is C[C@H](c1ccon1)N(C)C(=O)c1cccc2c1CN(CCN(C)C)C2=O. The molecule has 3 rings (SSSR count). The second-order valence-electron chi connectivity index (χ2n) is 6.88. The van der Waals surface area contributed by atoms with Crippen LogP contribution in [0.5, 0.6) is 0 Å². The van der Waals surface area contributed by atoms with Crippen molar-refractivity contribution in [2.75, 3.05) is 34.2 Å². The van der Waals surface area contributed by atoms with Crippen molar-refractivity contribution in [1.29, 1.82) is 0 Å². The average Bonchev–Trinajstić information content (AvgIpc) is 3.26. The number of hydrogen-bond donors (Lipinski definition) is 0. The maximum absolute atomic E-state index is 13.0. The minimum absolute atomic E-state index is 0.0105. The van der Waals surface area contributed by atoms with E-state index in [-0.39, 0.29) is 17.9 Å². The number of nitrogens with zero attached hydrogens (tertiary/aromatic N) is 4. The van der Waals surface area contributed by atoms with Gasteiger partial charge in [0.05, 0.1) is 6.04 Å². The van der Waals surface area contributed by atoms with E-state index in [1.54, 1.807) is 41.1 Å². The van der Waals surface area contributed by atoms with Gasteiger partial charge in [0, 0.05) is 43.9 Å². The lowest BCUT2D eigenvalue weighted by atomic mass is 10.0. The third-order valence-electron chi connectivity index (χ3n) is 4.88. The van der Waals surface area contributed by atoms with Crippen LogP contribution in [0.25, 0.3) is 0 Å². The molecule has 2 heterocycles. The van der Waals surface area contributed by atoms with Gasteiger partial charge in [0.15, 0.2) is 0 Å². The van der Waals surface area contributed by atoms with E-state index < -0.39 is 0 Å². The van der Waals surface area contributed by atoms with Crippen molar-refractivity contribution < 1.29 is 14.1 Å². The Balaban J connectivity index is 1.83. The Kier molecular flexibility index (Phi) is 5.08. The Hall–Kier alpha value is -2.67. The molecule has 0 saturated carbocycles. The molecule has 0 N–H and O–H groups in total. The third kappa shape index (κ3) is 3.35.